The zero-order chi connectivity index (χ0) is 20.8. The van der Waals surface area contributed by atoms with E-state index in [-0.39, 0.29) is 11.9 Å². The number of nitrogen functional groups attached to an aromatic ring is 1. The molecule has 7 heteroatoms. The molecule has 0 saturated carbocycles. The Morgan fingerprint density at radius 2 is 1.90 bits per heavy atom. The molecule has 1 atom stereocenters. The van der Waals surface area contributed by atoms with Crippen molar-refractivity contribution in [1.82, 2.24) is 10.3 Å². The number of amides is 1. The van der Waals surface area contributed by atoms with Gasteiger partial charge in [-0.3, -0.25) is 9.78 Å². The third-order valence-corrected chi connectivity index (χ3v) is 5.09. The average molecular weight is 429 g/mol. The van der Waals surface area contributed by atoms with E-state index >= 15 is 0 Å². The number of rotatable bonds is 7. The number of hydrogen-bond donors (Lipinski definition) is 3. The monoisotopic (exact) mass is 428 g/mol. The van der Waals surface area contributed by atoms with Crippen molar-refractivity contribution in [2.75, 3.05) is 11.1 Å². The molecule has 0 aliphatic carbocycles. The van der Waals surface area contributed by atoms with E-state index in [1.807, 2.05) is 37.3 Å². The van der Waals surface area contributed by atoms with Gasteiger partial charge >= 0.3 is 0 Å². The van der Waals surface area contributed by atoms with Crippen LogP contribution < -0.4 is 16.4 Å². The summed E-state index contributed by atoms with van der Waals surface area (Å²) in [6, 6.07) is 16.7. The number of pyridine rings is 1. The standard InChI is InChI=1S/C22H22Cl2N4O/c1-2-19(14-6-4-3-5-7-14)28-22(29)15-8-9-20(18(25)10-15)27-13-21-17(24)11-16(23)12-26-21/h3-12,19,27H,2,13,25H2,1H3,(H,28,29)/t19-/m1/s1. The molecule has 0 fully saturated rings. The fraction of sp³-hybridized carbons (Fsp3) is 0.182. The van der Waals surface area contributed by atoms with E-state index in [1.54, 1.807) is 24.3 Å². The largest absolute Gasteiger partial charge is 0.397 e. The van der Waals surface area contributed by atoms with Crippen molar-refractivity contribution < 1.29 is 4.79 Å². The summed E-state index contributed by atoms with van der Waals surface area (Å²) in [5.41, 5.74) is 9.54. The topological polar surface area (TPSA) is 80.0 Å². The number of nitrogens with one attached hydrogen (secondary N) is 2. The summed E-state index contributed by atoms with van der Waals surface area (Å²) in [4.78, 5) is 16.9. The number of benzene rings is 2. The van der Waals surface area contributed by atoms with E-state index in [9.17, 15) is 4.79 Å². The normalized spacial score (nSPS) is 11.7. The number of nitrogens with two attached hydrogens (primary N) is 1. The predicted molar refractivity (Wildman–Crippen MR) is 119 cm³/mol. The number of halogens is 2. The summed E-state index contributed by atoms with van der Waals surface area (Å²) >= 11 is 12.0. The molecule has 3 rings (SSSR count). The van der Waals surface area contributed by atoms with Gasteiger partial charge in [0.1, 0.15) is 0 Å². The van der Waals surface area contributed by atoms with E-state index in [4.69, 9.17) is 28.9 Å². The SMILES string of the molecule is CC[C@@H](NC(=O)c1ccc(NCc2ncc(Cl)cc2Cl)c(N)c1)c1ccccc1. The van der Waals surface area contributed by atoms with Gasteiger partial charge in [0.15, 0.2) is 0 Å². The molecule has 0 aliphatic rings. The van der Waals surface area contributed by atoms with E-state index in [1.165, 1.54) is 6.20 Å². The molecule has 5 nitrogen and oxygen atoms in total. The van der Waals surface area contributed by atoms with Gasteiger partial charge in [0.25, 0.3) is 5.91 Å². The third kappa shape index (κ3) is 5.40. The van der Waals surface area contributed by atoms with Crippen molar-refractivity contribution in [2.45, 2.75) is 25.9 Å². The predicted octanol–water partition coefficient (Wildman–Crippen LogP) is 5.46. The van der Waals surface area contributed by atoms with Crippen LogP contribution in [0.5, 0.6) is 0 Å². The summed E-state index contributed by atoms with van der Waals surface area (Å²) < 4.78 is 0. The maximum atomic E-state index is 12.7. The lowest BCUT2D eigenvalue weighted by Crippen LogP contribution is -2.28. The fourth-order valence-corrected chi connectivity index (χ4v) is 3.41. The molecule has 3 aromatic rings. The number of aromatic nitrogens is 1. The molecule has 150 valence electrons. The molecule has 0 saturated heterocycles. The van der Waals surface area contributed by atoms with Crippen LogP contribution in [0.25, 0.3) is 0 Å². The van der Waals surface area contributed by atoms with Gasteiger partial charge in [0.05, 0.1) is 39.7 Å². The van der Waals surface area contributed by atoms with E-state index < -0.39 is 0 Å². The molecule has 1 aromatic heterocycles. The Morgan fingerprint density at radius 3 is 2.55 bits per heavy atom. The van der Waals surface area contributed by atoms with Crippen molar-refractivity contribution >= 4 is 40.5 Å². The summed E-state index contributed by atoms with van der Waals surface area (Å²) in [6.07, 6.45) is 2.33. The Morgan fingerprint density at radius 1 is 1.14 bits per heavy atom. The highest BCUT2D eigenvalue weighted by atomic mass is 35.5. The summed E-state index contributed by atoms with van der Waals surface area (Å²) in [6.45, 7) is 2.42. The summed E-state index contributed by atoms with van der Waals surface area (Å²) in [5.74, 6) is -0.165. The van der Waals surface area contributed by atoms with Crippen LogP contribution in [0.2, 0.25) is 10.0 Å². The van der Waals surface area contributed by atoms with Crippen molar-refractivity contribution in [3.63, 3.8) is 0 Å². The van der Waals surface area contributed by atoms with Crippen LogP contribution in [-0.4, -0.2) is 10.9 Å². The molecule has 0 radical (unpaired) electrons. The lowest BCUT2D eigenvalue weighted by Gasteiger charge is -2.18. The maximum absolute atomic E-state index is 12.7. The quantitative estimate of drug-likeness (QED) is 0.436. The van der Waals surface area contributed by atoms with Crippen molar-refractivity contribution in [1.29, 1.82) is 0 Å². The average Bonchev–Trinajstić information content (AvgIpc) is 2.72. The van der Waals surface area contributed by atoms with Gasteiger partial charge in [-0.05, 0) is 36.2 Å². The molecular formula is C22H22Cl2N4O. The second-order valence-corrected chi connectivity index (χ2v) is 7.43. The molecule has 1 amide bonds. The third-order valence-electron chi connectivity index (χ3n) is 4.56. The van der Waals surface area contributed by atoms with Crippen LogP contribution in [0.3, 0.4) is 0 Å². The van der Waals surface area contributed by atoms with Gasteiger partial charge in [-0.25, -0.2) is 0 Å². The molecule has 0 bridgehead atoms. The van der Waals surface area contributed by atoms with E-state index in [2.05, 4.69) is 15.6 Å². The van der Waals surface area contributed by atoms with Gasteiger partial charge in [0, 0.05) is 11.8 Å². The lowest BCUT2D eigenvalue weighted by atomic mass is 10.0. The Kier molecular flexibility index (Phi) is 6.96. The van der Waals surface area contributed by atoms with Crippen molar-refractivity contribution in [3.05, 3.63) is 87.7 Å². The molecule has 0 spiro atoms. The second kappa shape index (κ2) is 9.63. The Labute approximate surface area is 180 Å². The minimum Gasteiger partial charge on any atom is -0.397 e. The van der Waals surface area contributed by atoms with Gasteiger partial charge in [-0.2, -0.15) is 0 Å². The zero-order valence-electron chi connectivity index (χ0n) is 16.0. The fourth-order valence-electron chi connectivity index (χ4n) is 2.96. The minimum absolute atomic E-state index is 0.0548. The molecule has 4 N–H and O–H groups in total. The number of hydrogen-bond acceptors (Lipinski definition) is 4. The summed E-state index contributed by atoms with van der Waals surface area (Å²) in [7, 11) is 0. The van der Waals surface area contributed by atoms with Crippen LogP contribution in [0, 0.1) is 0 Å². The summed E-state index contributed by atoms with van der Waals surface area (Å²) in [5, 5.41) is 7.21. The highest BCUT2D eigenvalue weighted by Gasteiger charge is 2.15. The number of carbonyl (C=O) groups is 1. The Bertz CT molecular complexity index is 995. The van der Waals surface area contributed by atoms with E-state index in [0.717, 1.165) is 12.0 Å². The smallest absolute Gasteiger partial charge is 0.251 e. The first-order chi connectivity index (χ1) is 14.0. The zero-order valence-corrected chi connectivity index (χ0v) is 17.5. The van der Waals surface area contributed by atoms with Crippen LogP contribution in [-0.2, 0) is 6.54 Å². The Hall–Kier alpha value is -2.76. The van der Waals surface area contributed by atoms with Crippen molar-refractivity contribution in [3.8, 4) is 0 Å². The molecule has 0 aliphatic heterocycles. The first-order valence-corrected chi connectivity index (χ1v) is 10.0. The number of anilines is 2. The van der Waals surface area contributed by atoms with Gasteiger partial charge in [-0.15, -0.1) is 0 Å². The Balaban J connectivity index is 1.67. The van der Waals surface area contributed by atoms with Gasteiger partial charge < -0.3 is 16.4 Å². The first kappa shape index (κ1) is 21.0. The highest BCUT2D eigenvalue weighted by Crippen LogP contribution is 2.24. The lowest BCUT2D eigenvalue weighted by molar-refractivity contribution is 0.0935. The van der Waals surface area contributed by atoms with Crippen molar-refractivity contribution in [2.24, 2.45) is 0 Å². The molecular weight excluding hydrogens is 407 g/mol. The molecule has 0 unspecified atom stereocenters. The van der Waals surface area contributed by atoms with E-state index in [0.29, 0.717) is 39.2 Å². The maximum Gasteiger partial charge on any atom is 0.251 e. The molecule has 29 heavy (non-hydrogen) atoms. The molecule has 1 heterocycles. The van der Waals surface area contributed by atoms with Crippen LogP contribution >= 0.6 is 23.2 Å². The van der Waals surface area contributed by atoms with Gasteiger partial charge in [0.2, 0.25) is 0 Å². The highest BCUT2D eigenvalue weighted by molar-refractivity contribution is 6.34. The molecule has 2 aromatic carbocycles. The number of nitrogens with zero attached hydrogens (tertiary/aromatic N) is 1. The number of carbonyl (C=O) groups excluding carboxylic acids is 1. The van der Waals surface area contributed by atoms with Gasteiger partial charge in [-0.1, -0.05) is 60.5 Å². The minimum atomic E-state index is -0.165. The van der Waals surface area contributed by atoms with Crippen LogP contribution in [0.15, 0.2) is 60.8 Å². The van der Waals surface area contributed by atoms with Crippen LogP contribution in [0.1, 0.15) is 41.0 Å². The second-order valence-electron chi connectivity index (χ2n) is 6.58. The first-order valence-electron chi connectivity index (χ1n) is 9.27. The van der Waals surface area contributed by atoms with Crippen LogP contribution in [0.4, 0.5) is 11.4 Å².